The summed E-state index contributed by atoms with van der Waals surface area (Å²) in [5, 5.41) is 0.427. The number of benzene rings is 1. The fraction of sp³-hybridized carbons (Fsp3) is 0.579. The average molecular weight is 367 g/mol. The van der Waals surface area contributed by atoms with Crippen molar-refractivity contribution < 1.29 is 14.3 Å². The van der Waals surface area contributed by atoms with Crippen molar-refractivity contribution in [2.75, 3.05) is 33.3 Å². The summed E-state index contributed by atoms with van der Waals surface area (Å²) in [6.07, 6.45) is 0.774. The summed E-state index contributed by atoms with van der Waals surface area (Å²) in [4.78, 5) is 29.1. The van der Waals surface area contributed by atoms with Gasteiger partial charge >= 0.3 is 0 Å². The molecule has 0 spiro atoms. The van der Waals surface area contributed by atoms with E-state index in [2.05, 4.69) is 0 Å². The zero-order chi connectivity index (χ0) is 18.8. The van der Waals surface area contributed by atoms with Crippen LogP contribution in [0.25, 0.3) is 0 Å². The van der Waals surface area contributed by atoms with E-state index in [0.717, 1.165) is 12.0 Å². The highest BCUT2D eigenvalue weighted by Gasteiger charge is 2.30. The molecule has 2 rings (SSSR count). The molecule has 0 saturated carbocycles. The molecular weight excluding hydrogens is 340 g/mol. The summed E-state index contributed by atoms with van der Waals surface area (Å²) in [6, 6.07) is 3.45. The van der Waals surface area contributed by atoms with Gasteiger partial charge in [-0.2, -0.15) is 0 Å². The van der Waals surface area contributed by atoms with E-state index in [1.165, 1.54) is 0 Å². The monoisotopic (exact) mass is 366 g/mol. The normalized spacial score (nSPS) is 15.8. The van der Waals surface area contributed by atoms with Crippen molar-refractivity contribution in [3.63, 3.8) is 0 Å². The van der Waals surface area contributed by atoms with Gasteiger partial charge < -0.3 is 14.5 Å². The highest BCUT2D eigenvalue weighted by atomic mass is 35.5. The first kappa shape index (κ1) is 19.6. The average Bonchev–Trinajstić information content (AvgIpc) is 2.80. The Hall–Kier alpha value is -1.75. The summed E-state index contributed by atoms with van der Waals surface area (Å²) in [5.41, 5.74) is 1.01. The van der Waals surface area contributed by atoms with Gasteiger partial charge in [0, 0.05) is 37.2 Å². The summed E-state index contributed by atoms with van der Waals surface area (Å²) in [6.45, 7) is 10.1. The molecule has 2 amide bonds. The maximum absolute atomic E-state index is 12.9. The molecule has 6 heteroatoms. The first-order valence-electron chi connectivity index (χ1n) is 8.58. The topological polar surface area (TPSA) is 49.9 Å². The van der Waals surface area contributed by atoms with E-state index in [1.807, 2.05) is 32.6 Å². The second kappa shape index (κ2) is 7.65. The molecule has 0 bridgehead atoms. The smallest absolute Gasteiger partial charge is 0.254 e. The number of aryl methyl sites for hydroxylation is 1. The van der Waals surface area contributed by atoms with Crippen LogP contribution in [0, 0.1) is 12.3 Å². The number of ether oxygens (including phenoxy) is 1. The van der Waals surface area contributed by atoms with Crippen molar-refractivity contribution in [1.29, 1.82) is 0 Å². The molecule has 0 N–H and O–H groups in total. The lowest BCUT2D eigenvalue weighted by Crippen LogP contribution is -2.42. The van der Waals surface area contributed by atoms with E-state index in [-0.39, 0.29) is 11.8 Å². The Morgan fingerprint density at radius 2 is 1.68 bits per heavy atom. The van der Waals surface area contributed by atoms with Crippen LogP contribution in [0.1, 0.15) is 43.1 Å². The van der Waals surface area contributed by atoms with Crippen LogP contribution in [0.2, 0.25) is 5.02 Å². The van der Waals surface area contributed by atoms with Crippen LogP contribution in [0.5, 0.6) is 5.75 Å². The van der Waals surface area contributed by atoms with E-state index in [0.29, 0.717) is 42.5 Å². The molecule has 0 aliphatic carbocycles. The first-order valence-corrected chi connectivity index (χ1v) is 8.95. The van der Waals surface area contributed by atoms with Gasteiger partial charge in [0.15, 0.2) is 0 Å². The third kappa shape index (κ3) is 4.46. The third-order valence-electron chi connectivity index (χ3n) is 4.44. The molecule has 1 saturated heterocycles. The molecule has 1 aliphatic heterocycles. The van der Waals surface area contributed by atoms with Gasteiger partial charge in [-0.15, -0.1) is 0 Å². The number of rotatable bonds is 2. The standard InChI is InChI=1S/C19H27ClN2O3/c1-13-11-16(25-5)15(20)12-14(13)17(23)21-7-6-8-22(10-9-21)18(24)19(2,3)4/h11-12H,6-10H2,1-5H3. The molecule has 5 nitrogen and oxygen atoms in total. The van der Waals surface area contributed by atoms with Crippen LogP contribution < -0.4 is 4.74 Å². The fourth-order valence-electron chi connectivity index (χ4n) is 3.01. The minimum absolute atomic E-state index is 0.0490. The van der Waals surface area contributed by atoms with Crippen molar-refractivity contribution in [3.05, 3.63) is 28.3 Å². The number of halogens is 1. The van der Waals surface area contributed by atoms with Gasteiger partial charge in [0.25, 0.3) is 5.91 Å². The molecule has 1 heterocycles. The minimum atomic E-state index is -0.403. The second-order valence-corrected chi connectivity index (χ2v) is 7.90. The van der Waals surface area contributed by atoms with Crippen molar-refractivity contribution in [2.45, 2.75) is 34.1 Å². The van der Waals surface area contributed by atoms with Crippen molar-refractivity contribution in [3.8, 4) is 5.75 Å². The summed E-state index contributed by atoms with van der Waals surface area (Å²) >= 11 is 6.18. The number of carbonyl (C=O) groups is 2. The van der Waals surface area contributed by atoms with Crippen LogP contribution in [0.3, 0.4) is 0 Å². The summed E-state index contributed by atoms with van der Waals surface area (Å²) in [7, 11) is 1.55. The number of hydrogen-bond acceptors (Lipinski definition) is 3. The van der Waals surface area contributed by atoms with Crippen LogP contribution in [-0.4, -0.2) is 54.9 Å². The van der Waals surface area contributed by atoms with Gasteiger partial charge in [-0.25, -0.2) is 0 Å². The molecular formula is C19H27ClN2O3. The van der Waals surface area contributed by atoms with E-state index < -0.39 is 5.41 Å². The molecule has 0 unspecified atom stereocenters. The molecule has 1 aromatic rings. The van der Waals surface area contributed by atoms with Crippen LogP contribution in [0.4, 0.5) is 0 Å². The zero-order valence-corrected chi connectivity index (χ0v) is 16.4. The number of hydrogen-bond donors (Lipinski definition) is 0. The fourth-order valence-corrected chi connectivity index (χ4v) is 3.25. The Morgan fingerprint density at radius 1 is 1.08 bits per heavy atom. The molecule has 0 radical (unpaired) electrons. The van der Waals surface area contributed by atoms with Crippen molar-refractivity contribution >= 4 is 23.4 Å². The lowest BCUT2D eigenvalue weighted by molar-refractivity contribution is -0.139. The van der Waals surface area contributed by atoms with E-state index >= 15 is 0 Å². The summed E-state index contributed by atoms with van der Waals surface area (Å²) in [5.74, 6) is 0.645. The SMILES string of the molecule is COc1cc(C)c(C(=O)N2CCCN(C(=O)C(C)(C)C)CC2)cc1Cl. The zero-order valence-electron chi connectivity index (χ0n) is 15.7. The Balaban J connectivity index is 2.14. The van der Waals surface area contributed by atoms with Gasteiger partial charge in [0.05, 0.1) is 12.1 Å². The largest absolute Gasteiger partial charge is 0.495 e. The van der Waals surface area contributed by atoms with Gasteiger partial charge in [-0.3, -0.25) is 9.59 Å². The minimum Gasteiger partial charge on any atom is -0.495 e. The predicted molar refractivity (Wildman–Crippen MR) is 99.3 cm³/mol. The third-order valence-corrected chi connectivity index (χ3v) is 4.74. The Bertz CT molecular complexity index is 667. The van der Waals surface area contributed by atoms with E-state index in [9.17, 15) is 9.59 Å². The van der Waals surface area contributed by atoms with Crippen LogP contribution >= 0.6 is 11.6 Å². The quantitative estimate of drug-likeness (QED) is 0.806. The Labute approximate surface area is 154 Å². The van der Waals surface area contributed by atoms with E-state index in [1.54, 1.807) is 24.1 Å². The summed E-state index contributed by atoms with van der Waals surface area (Å²) < 4.78 is 5.20. The maximum atomic E-state index is 12.9. The lowest BCUT2D eigenvalue weighted by atomic mass is 9.94. The van der Waals surface area contributed by atoms with E-state index in [4.69, 9.17) is 16.3 Å². The lowest BCUT2D eigenvalue weighted by Gasteiger charge is -2.28. The molecule has 1 fully saturated rings. The molecule has 25 heavy (non-hydrogen) atoms. The predicted octanol–water partition coefficient (Wildman–Crippen LogP) is 3.38. The Kier molecular flexibility index (Phi) is 5.99. The molecule has 1 aromatic carbocycles. The van der Waals surface area contributed by atoms with Gasteiger partial charge in [-0.1, -0.05) is 32.4 Å². The molecule has 0 atom stereocenters. The number of methoxy groups -OCH3 is 1. The van der Waals surface area contributed by atoms with Gasteiger partial charge in [0.2, 0.25) is 5.91 Å². The highest BCUT2D eigenvalue weighted by Crippen LogP contribution is 2.29. The van der Waals surface area contributed by atoms with Crippen molar-refractivity contribution in [2.24, 2.45) is 5.41 Å². The number of nitrogens with zero attached hydrogens (tertiary/aromatic N) is 2. The van der Waals surface area contributed by atoms with Crippen LogP contribution in [0.15, 0.2) is 12.1 Å². The number of carbonyl (C=O) groups excluding carboxylic acids is 2. The maximum Gasteiger partial charge on any atom is 0.254 e. The van der Waals surface area contributed by atoms with Crippen molar-refractivity contribution in [1.82, 2.24) is 9.80 Å². The second-order valence-electron chi connectivity index (χ2n) is 7.49. The Morgan fingerprint density at radius 3 is 2.28 bits per heavy atom. The van der Waals surface area contributed by atoms with Gasteiger partial charge in [0.1, 0.15) is 5.75 Å². The molecule has 1 aliphatic rings. The number of amides is 2. The van der Waals surface area contributed by atoms with Gasteiger partial charge in [-0.05, 0) is 31.0 Å². The van der Waals surface area contributed by atoms with Crippen LogP contribution in [-0.2, 0) is 4.79 Å². The molecule has 0 aromatic heterocycles. The first-order chi connectivity index (χ1) is 11.6. The highest BCUT2D eigenvalue weighted by molar-refractivity contribution is 6.32. The molecule has 138 valence electrons.